The van der Waals surface area contributed by atoms with Crippen LogP contribution in [-0.4, -0.2) is 34.7 Å². The van der Waals surface area contributed by atoms with E-state index < -0.39 is 0 Å². The summed E-state index contributed by atoms with van der Waals surface area (Å²) in [5, 5.41) is 2.06. The second-order valence-corrected chi connectivity index (χ2v) is 9.71. The predicted molar refractivity (Wildman–Crippen MR) is 132 cm³/mol. The van der Waals surface area contributed by atoms with Gasteiger partial charge in [0.15, 0.2) is 0 Å². The van der Waals surface area contributed by atoms with Gasteiger partial charge in [-0.05, 0) is 54.5 Å². The number of thiophene rings is 1. The van der Waals surface area contributed by atoms with Crippen LogP contribution in [0.5, 0.6) is 0 Å². The molecular weight excluding hydrogens is 416 g/mol. The number of rotatable bonds is 9. The monoisotopic (exact) mass is 448 g/mol. The van der Waals surface area contributed by atoms with Crippen LogP contribution in [0.4, 0.5) is 0 Å². The Morgan fingerprint density at radius 1 is 0.875 bits per heavy atom. The Kier molecular flexibility index (Phi) is 8.23. The van der Waals surface area contributed by atoms with Crippen molar-refractivity contribution in [3.63, 3.8) is 0 Å². The summed E-state index contributed by atoms with van der Waals surface area (Å²) in [5.41, 5.74) is 3.99. The minimum Gasteiger partial charge on any atom is -0.332 e. The van der Waals surface area contributed by atoms with Crippen LogP contribution in [0.2, 0.25) is 0 Å². The van der Waals surface area contributed by atoms with Crippen molar-refractivity contribution < 1.29 is 9.59 Å². The molecule has 0 atom stereocenters. The Morgan fingerprint density at radius 3 is 2.16 bits per heavy atom. The van der Waals surface area contributed by atoms with E-state index >= 15 is 0 Å². The van der Waals surface area contributed by atoms with Crippen LogP contribution in [0.15, 0.2) is 66.0 Å². The molecule has 0 saturated carbocycles. The lowest BCUT2D eigenvalue weighted by molar-refractivity contribution is -0.133. The summed E-state index contributed by atoms with van der Waals surface area (Å²) in [6.45, 7) is 9.88. The van der Waals surface area contributed by atoms with Gasteiger partial charge >= 0.3 is 0 Å². The van der Waals surface area contributed by atoms with E-state index in [1.54, 1.807) is 16.2 Å². The molecule has 0 fully saturated rings. The zero-order valence-electron chi connectivity index (χ0n) is 19.4. The van der Waals surface area contributed by atoms with E-state index in [9.17, 15) is 9.59 Å². The van der Waals surface area contributed by atoms with Crippen molar-refractivity contribution in [2.45, 2.75) is 40.8 Å². The summed E-state index contributed by atoms with van der Waals surface area (Å²) in [5.74, 6) is 0.126. The molecule has 1 heterocycles. The van der Waals surface area contributed by atoms with E-state index in [4.69, 9.17) is 0 Å². The van der Waals surface area contributed by atoms with Gasteiger partial charge in [0.1, 0.15) is 6.54 Å². The molecule has 32 heavy (non-hydrogen) atoms. The van der Waals surface area contributed by atoms with Crippen molar-refractivity contribution in [3.8, 4) is 0 Å². The molecule has 5 heteroatoms. The number of carbonyl (C=O) groups excluding carboxylic acids is 2. The molecule has 3 aromatic rings. The van der Waals surface area contributed by atoms with Crippen LogP contribution < -0.4 is 0 Å². The lowest BCUT2D eigenvalue weighted by Crippen LogP contribution is -2.43. The summed E-state index contributed by atoms with van der Waals surface area (Å²) in [6, 6.07) is 19.6. The summed E-state index contributed by atoms with van der Waals surface area (Å²) >= 11 is 1.67. The Bertz CT molecular complexity index is 1030. The smallest absolute Gasteiger partial charge is 0.254 e. The fourth-order valence-corrected chi connectivity index (χ4v) is 4.50. The quantitative estimate of drug-likeness (QED) is 0.422. The fraction of sp³-hybridized carbons (Fsp3) is 0.333. The van der Waals surface area contributed by atoms with E-state index in [0.717, 1.165) is 11.1 Å². The van der Waals surface area contributed by atoms with Gasteiger partial charge in [-0.25, -0.2) is 0 Å². The van der Waals surface area contributed by atoms with Crippen LogP contribution >= 0.6 is 11.3 Å². The highest BCUT2D eigenvalue weighted by Gasteiger charge is 2.24. The molecule has 0 aliphatic carbocycles. The number of benzene rings is 2. The highest BCUT2D eigenvalue weighted by Crippen LogP contribution is 2.20. The number of hydrogen-bond acceptors (Lipinski definition) is 3. The van der Waals surface area contributed by atoms with Gasteiger partial charge in [-0.15, -0.1) is 11.3 Å². The van der Waals surface area contributed by atoms with Crippen molar-refractivity contribution in [1.29, 1.82) is 0 Å². The molecule has 0 bridgehead atoms. The number of aryl methyl sites for hydroxylation is 2. The lowest BCUT2D eigenvalue weighted by atomic mass is 10.1. The molecule has 0 unspecified atom stereocenters. The highest BCUT2D eigenvalue weighted by molar-refractivity contribution is 7.10. The summed E-state index contributed by atoms with van der Waals surface area (Å²) in [7, 11) is 0. The predicted octanol–water partition coefficient (Wildman–Crippen LogP) is 5.69. The molecule has 0 spiro atoms. The summed E-state index contributed by atoms with van der Waals surface area (Å²) in [6.07, 6.45) is 0. The molecule has 2 amide bonds. The van der Waals surface area contributed by atoms with Gasteiger partial charge in [0.2, 0.25) is 5.91 Å². The first-order valence-corrected chi connectivity index (χ1v) is 11.9. The third-order valence-corrected chi connectivity index (χ3v) is 6.38. The van der Waals surface area contributed by atoms with E-state index in [1.165, 1.54) is 10.4 Å². The number of hydrogen-bond donors (Lipinski definition) is 0. The molecule has 0 N–H and O–H groups in total. The van der Waals surface area contributed by atoms with E-state index in [-0.39, 0.29) is 24.3 Å². The molecule has 2 aromatic carbocycles. The maximum atomic E-state index is 13.5. The van der Waals surface area contributed by atoms with Gasteiger partial charge in [0, 0.05) is 23.5 Å². The Morgan fingerprint density at radius 2 is 1.56 bits per heavy atom. The molecular formula is C27H32N2O2S. The second-order valence-electron chi connectivity index (χ2n) is 8.71. The largest absolute Gasteiger partial charge is 0.332 e. The van der Waals surface area contributed by atoms with E-state index in [1.807, 2.05) is 66.4 Å². The van der Waals surface area contributed by atoms with Gasteiger partial charge in [-0.3, -0.25) is 9.59 Å². The Balaban J connectivity index is 1.82. The first-order valence-electron chi connectivity index (χ1n) is 11.0. The number of amides is 2. The molecule has 168 valence electrons. The van der Waals surface area contributed by atoms with Gasteiger partial charge in [0.05, 0.1) is 6.54 Å². The fourth-order valence-electron chi connectivity index (χ4n) is 3.58. The maximum Gasteiger partial charge on any atom is 0.254 e. The first kappa shape index (κ1) is 23.7. The standard InChI is InChI=1S/C27H32N2O2S/c1-20(2)16-29(27(31)24-12-10-21(3)11-13-24)19-26(30)28(17-23-8-6-5-7-9-23)18-25-22(4)14-15-32-25/h5-15,20H,16-19H2,1-4H3. The third kappa shape index (κ3) is 6.54. The normalized spacial score (nSPS) is 10.9. The zero-order valence-corrected chi connectivity index (χ0v) is 20.2. The molecule has 4 nitrogen and oxygen atoms in total. The molecule has 3 rings (SSSR count). The molecule has 1 aromatic heterocycles. The van der Waals surface area contributed by atoms with Crippen LogP contribution in [0.3, 0.4) is 0 Å². The van der Waals surface area contributed by atoms with Crippen molar-refractivity contribution in [2.75, 3.05) is 13.1 Å². The van der Waals surface area contributed by atoms with Gasteiger partial charge < -0.3 is 9.80 Å². The van der Waals surface area contributed by atoms with Crippen molar-refractivity contribution >= 4 is 23.2 Å². The lowest BCUT2D eigenvalue weighted by Gasteiger charge is -2.29. The second kappa shape index (κ2) is 11.1. The van der Waals surface area contributed by atoms with Crippen molar-refractivity contribution in [3.05, 3.63) is 93.2 Å². The van der Waals surface area contributed by atoms with Crippen molar-refractivity contribution in [2.24, 2.45) is 5.92 Å². The average molecular weight is 449 g/mol. The van der Waals surface area contributed by atoms with Gasteiger partial charge in [-0.1, -0.05) is 61.9 Å². The van der Waals surface area contributed by atoms with E-state index in [0.29, 0.717) is 25.2 Å². The third-order valence-electron chi connectivity index (χ3n) is 5.37. The Hall–Kier alpha value is -2.92. The van der Waals surface area contributed by atoms with Crippen LogP contribution in [0.25, 0.3) is 0 Å². The minimum atomic E-state index is -0.0981. The average Bonchev–Trinajstić information content (AvgIpc) is 3.17. The minimum absolute atomic E-state index is 0.0391. The zero-order chi connectivity index (χ0) is 23.1. The molecule has 0 aliphatic rings. The van der Waals surface area contributed by atoms with Crippen LogP contribution in [-0.2, 0) is 17.9 Å². The summed E-state index contributed by atoms with van der Waals surface area (Å²) in [4.78, 5) is 31.5. The van der Waals surface area contributed by atoms with Crippen LogP contribution in [0, 0.1) is 19.8 Å². The number of carbonyl (C=O) groups is 2. The molecule has 0 radical (unpaired) electrons. The SMILES string of the molecule is Cc1ccc(C(=O)N(CC(=O)N(Cc2ccccc2)Cc2sccc2C)CC(C)C)cc1. The number of nitrogens with zero attached hydrogens (tertiary/aromatic N) is 2. The van der Waals surface area contributed by atoms with Crippen LogP contribution in [0.1, 0.15) is 45.8 Å². The topological polar surface area (TPSA) is 40.6 Å². The van der Waals surface area contributed by atoms with E-state index in [2.05, 4.69) is 32.2 Å². The highest BCUT2D eigenvalue weighted by atomic mass is 32.1. The maximum absolute atomic E-state index is 13.5. The Labute approximate surface area is 195 Å². The summed E-state index contributed by atoms with van der Waals surface area (Å²) < 4.78 is 0. The molecule has 0 aliphatic heterocycles. The van der Waals surface area contributed by atoms with Gasteiger partial charge in [0.25, 0.3) is 5.91 Å². The van der Waals surface area contributed by atoms with Crippen molar-refractivity contribution in [1.82, 2.24) is 9.80 Å². The first-order chi connectivity index (χ1) is 15.3. The molecule has 0 saturated heterocycles. The van der Waals surface area contributed by atoms with Gasteiger partial charge in [-0.2, -0.15) is 0 Å².